The van der Waals surface area contributed by atoms with E-state index in [1.807, 2.05) is 0 Å². The van der Waals surface area contributed by atoms with Gasteiger partial charge in [0.05, 0.1) is 17.7 Å². The molecule has 0 amide bonds. The molecule has 0 saturated heterocycles. The molecule has 8 nitrogen and oxygen atoms in total. The molecule has 0 unspecified atom stereocenters. The van der Waals surface area contributed by atoms with Crippen LogP contribution < -0.4 is 5.32 Å². The van der Waals surface area contributed by atoms with Gasteiger partial charge in [0, 0.05) is 5.70 Å². The van der Waals surface area contributed by atoms with E-state index >= 15 is 0 Å². The van der Waals surface area contributed by atoms with Gasteiger partial charge < -0.3 is 15.2 Å². The molecule has 3 rings (SSSR count). The third kappa shape index (κ3) is 2.62. The zero-order valence-corrected chi connectivity index (χ0v) is 13.2. The van der Waals surface area contributed by atoms with Crippen molar-refractivity contribution in [2.75, 3.05) is 11.9 Å². The first-order valence-electron chi connectivity index (χ1n) is 7.40. The van der Waals surface area contributed by atoms with E-state index in [1.54, 1.807) is 30.7 Å². The number of hydrogen-bond acceptors (Lipinski definition) is 6. The van der Waals surface area contributed by atoms with Gasteiger partial charge in [-0.15, -0.1) is 0 Å². The molecule has 1 aliphatic heterocycles. The van der Waals surface area contributed by atoms with Crippen molar-refractivity contribution in [3.8, 4) is 0 Å². The summed E-state index contributed by atoms with van der Waals surface area (Å²) in [5.41, 5.74) is 1.93. The Bertz CT molecular complexity index is 823. The Morgan fingerprint density at radius 1 is 1.33 bits per heavy atom. The summed E-state index contributed by atoms with van der Waals surface area (Å²) in [4.78, 5) is 27.6. The lowest BCUT2D eigenvalue weighted by atomic mass is 9.95. The fraction of sp³-hybridized carbons (Fsp3) is 0.250. The summed E-state index contributed by atoms with van der Waals surface area (Å²) in [5.74, 6) is -0.950. The molecular formula is C16H16N4O4. The van der Waals surface area contributed by atoms with Crippen molar-refractivity contribution in [1.82, 2.24) is 14.8 Å². The molecule has 1 aromatic carbocycles. The molecule has 2 N–H and O–H groups in total. The van der Waals surface area contributed by atoms with Crippen LogP contribution in [0.25, 0.3) is 0 Å². The number of benzene rings is 1. The Hall–Kier alpha value is -3.16. The molecule has 8 heteroatoms. The van der Waals surface area contributed by atoms with Crippen molar-refractivity contribution >= 4 is 17.9 Å². The Balaban J connectivity index is 2.10. The molecule has 0 bridgehead atoms. The zero-order valence-electron chi connectivity index (χ0n) is 13.2. The van der Waals surface area contributed by atoms with Gasteiger partial charge in [-0.25, -0.2) is 14.3 Å². The van der Waals surface area contributed by atoms with Crippen LogP contribution in [0.1, 0.15) is 35.8 Å². The first kappa shape index (κ1) is 15.7. The van der Waals surface area contributed by atoms with E-state index in [9.17, 15) is 9.59 Å². The molecule has 2 heterocycles. The van der Waals surface area contributed by atoms with Crippen molar-refractivity contribution < 1.29 is 19.4 Å². The average molecular weight is 328 g/mol. The number of carbonyl (C=O) groups is 2. The third-order valence-corrected chi connectivity index (χ3v) is 3.76. The average Bonchev–Trinajstić information content (AvgIpc) is 3.01. The van der Waals surface area contributed by atoms with Crippen LogP contribution in [0.3, 0.4) is 0 Å². The molecule has 2 aromatic rings. The molecule has 1 aromatic heterocycles. The number of fused-ring (bicyclic) bond motifs is 1. The SMILES string of the molecule is CCOC(=O)C1=C(C)Nc2ncnn2[C@@H]1c1ccc(C(=O)O)cc1. The van der Waals surface area contributed by atoms with Gasteiger partial charge in [-0.3, -0.25) is 0 Å². The molecule has 124 valence electrons. The number of anilines is 1. The van der Waals surface area contributed by atoms with Gasteiger partial charge in [-0.1, -0.05) is 12.1 Å². The lowest BCUT2D eigenvalue weighted by Crippen LogP contribution is -2.29. The molecule has 0 radical (unpaired) electrons. The molecule has 0 fully saturated rings. The fourth-order valence-electron chi connectivity index (χ4n) is 2.68. The van der Waals surface area contributed by atoms with E-state index in [4.69, 9.17) is 9.84 Å². The number of aromatic carboxylic acids is 1. The van der Waals surface area contributed by atoms with E-state index in [0.29, 0.717) is 17.2 Å². The van der Waals surface area contributed by atoms with Crippen LogP contribution in [0, 0.1) is 0 Å². The summed E-state index contributed by atoms with van der Waals surface area (Å²) in [6, 6.07) is 5.78. The van der Waals surface area contributed by atoms with E-state index in [0.717, 1.165) is 5.56 Å². The van der Waals surface area contributed by atoms with Crippen molar-refractivity contribution in [1.29, 1.82) is 0 Å². The molecule has 0 spiro atoms. The number of nitrogens with one attached hydrogen (secondary N) is 1. The molecule has 24 heavy (non-hydrogen) atoms. The minimum absolute atomic E-state index is 0.171. The maximum Gasteiger partial charge on any atom is 0.338 e. The monoisotopic (exact) mass is 328 g/mol. The van der Waals surface area contributed by atoms with Gasteiger partial charge in [-0.2, -0.15) is 10.1 Å². The van der Waals surface area contributed by atoms with Gasteiger partial charge in [0.25, 0.3) is 0 Å². The van der Waals surface area contributed by atoms with Gasteiger partial charge in [0.2, 0.25) is 5.95 Å². The van der Waals surface area contributed by atoms with Crippen LogP contribution >= 0.6 is 0 Å². The Morgan fingerprint density at radius 3 is 2.67 bits per heavy atom. The highest BCUT2D eigenvalue weighted by Crippen LogP contribution is 2.35. The highest BCUT2D eigenvalue weighted by atomic mass is 16.5. The number of allylic oxidation sites excluding steroid dienone is 1. The summed E-state index contributed by atoms with van der Waals surface area (Å²) < 4.78 is 6.74. The quantitative estimate of drug-likeness (QED) is 0.825. The fourth-order valence-corrected chi connectivity index (χ4v) is 2.68. The summed E-state index contributed by atoms with van der Waals surface area (Å²) in [7, 11) is 0. The predicted molar refractivity (Wildman–Crippen MR) is 84.5 cm³/mol. The van der Waals surface area contributed by atoms with E-state index in [-0.39, 0.29) is 12.2 Å². The second kappa shape index (κ2) is 6.15. The molecular weight excluding hydrogens is 312 g/mol. The third-order valence-electron chi connectivity index (χ3n) is 3.76. The standard InChI is InChI=1S/C16H16N4O4/c1-3-24-15(23)12-9(2)19-16-17-8-18-20(16)13(12)10-4-6-11(7-5-10)14(21)22/h4-8,13H,3H2,1-2H3,(H,21,22)(H,17,18,19)/t13-/m1/s1. The molecule has 1 atom stereocenters. The van der Waals surface area contributed by atoms with Crippen LogP contribution in [-0.2, 0) is 9.53 Å². The van der Waals surface area contributed by atoms with Gasteiger partial charge >= 0.3 is 11.9 Å². The van der Waals surface area contributed by atoms with E-state index in [1.165, 1.54) is 18.5 Å². The minimum atomic E-state index is -1.01. The van der Waals surface area contributed by atoms with Crippen molar-refractivity contribution in [2.24, 2.45) is 0 Å². The van der Waals surface area contributed by atoms with Gasteiger partial charge in [0.15, 0.2) is 0 Å². The zero-order chi connectivity index (χ0) is 17.3. The van der Waals surface area contributed by atoms with Crippen molar-refractivity contribution in [3.63, 3.8) is 0 Å². The van der Waals surface area contributed by atoms with Gasteiger partial charge in [-0.05, 0) is 31.5 Å². The van der Waals surface area contributed by atoms with E-state index in [2.05, 4.69) is 15.4 Å². The number of carboxylic acids is 1. The van der Waals surface area contributed by atoms with Crippen LogP contribution in [0.15, 0.2) is 41.9 Å². The van der Waals surface area contributed by atoms with Crippen LogP contribution in [-0.4, -0.2) is 38.4 Å². The number of hydrogen-bond donors (Lipinski definition) is 2. The van der Waals surface area contributed by atoms with Crippen LogP contribution in [0.4, 0.5) is 5.95 Å². The van der Waals surface area contributed by atoms with Crippen molar-refractivity contribution in [3.05, 3.63) is 53.0 Å². The maximum atomic E-state index is 12.4. The second-order valence-corrected chi connectivity index (χ2v) is 5.24. The molecule has 1 aliphatic rings. The number of carboxylic acid groups (broad SMARTS) is 1. The Labute approximate surface area is 137 Å². The first-order chi connectivity index (χ1) is 11.5. The number of carbonyl (C=O) groups excluding carboxylic acids is 1. The minimum Gasteiger partial charge on any atom is -0.478 e. The number of aromatic nitrogens is 3. The number of rotatable bonds is 4. The summed E-state index contributed by atoms with van der Waals surface area (Å²) >= 11 is 0. The molecule has 0 aliphatic carbocycles. The Kier molecular flexibility index (Phi) is 4.03. The van der Waals surface area contributed by atoms with Crippen molar-refractivity contribution in [2.45, 2.75) is 19.9 Å². The van der Waals surface area contributed by atoms with Gasteiger partial charge in [0.1, 0.15) is 12.4 Å². The summed E-state index contributed by atoms with van der Waals surface area (Å²) in [5, 5.41) is 16.3. The summed E-state index contributed by atoms with van der Waals surface area (Å²) in [6.45, 7) is 3.76. The topological polar surface area (TPSA) is 106 Å². The normalized spacial score (nSPS) is 16.3. The number of ether oxygens (including phenoxy) is 1. The predicted octanol–water partition coefficient (Wildman–Crippen LogP) is 1.83. The van der Waals surface area contributed by atoms with Crippen LogP contribution in [0.5, 0.6) is 0 Å². The van der Waals surface area contributed by atoms with Crippen LogP contribution in [0.2, 0.25) is 0 Å². The number of esters is 1. The smallest absolute Gasteiger partial charge is 0.338 e. The maximum absolute atomic E-state index is 12.4. The number of nitrogens with zero attached hydrogens (tertiary/aromatic N) is 3. The highest BCUT2D eigenvalue weighted by Gasteiger charge is 2.34. The molecule has 0 saturated carbocycles. The highest BCUT2D eigenvalue weighted by molar-refractivity contribution is 5.92. The van der Waals surface area contributed by atoms with E-state index < -0.39 is 18.0 Å². The second-order valence-electron chi connectivity index (χ2n) is 5.24. The largest absolute Gasteiger partial charge is 0.478 e. The first-order valence-corrected chi connectivity index (χ1v) is 7.40. The summed E-state index contributed by atoms with van der Waals surface area (Å²) in [6.07, 6.45) is 1.39. The lowest BCUT2D eigenvalue weighted by Gasteiger charge is -2.28. The lowest BCUT2D eigenvalue weighted by molar-refractivity contribution is -0.139. The Morgan fingerprint density at radius 2 is 2.04 bits per heavy atom.